The minimum atomic E-state index is 0.865. The summed E-state index contributed by atoms with van der Waals surface area (Å²) >= 11 is 0. The van der Waals surface area contributed by atoms with Crippen LogP contribution in [0.4, 0.5) is 17.1 Å². The van der Waals surface area contributed by atoms with Crippen LogP contribution in [0.15, 0.2) is 221 Å². The van der Waals surface area contributed by atoms with Crippen LogP contribution in [-0.2, 0) is 0 Å². The number of fused-ring (bicyclic) bond motifs is 9. The molecule has 0 fully saturated rings. The highest BCUT2D eigenvalue weighted by molar-refractivity contribution is 6.14. The number of hydrogen-bond acceptors (Lipinski definition) is 3. The normalized spacial score (nSPS) is 11.7. The molecule has 0 aliphatic heterocycles. The van der Waals surface area contributed by atoms with E-state index in [0.717, 1.165) is 88.8 Å². The molecule has 2 heterocycles. The van der Waals surface area contributed by atoms with E-state index in [9.17, 15) is 0 Å². The molecule has 12 aromatic rings. The van der Waals surface area contributed by atoms with Crippen LogP contribution in [0.3, 0.4) is 0 Å². The topological polar surface area (TPSA) is 29.5 Å². The number of hydrogen-bond donors (Lipinski definition) is 0. The number of benzene rings is 10. The molecular formula is C56H35NO2. The van der Waals surface area contributed by atoms with Gasteiger partial charge in [0.1, 0.15) is 22.3 Å². The van der Waals surface area contributed by atoms with E-state index in [1.54, 1.807) is 0 Å². The van der Waals surface area contributed by atoms with E-state index in [2.05, 4.69) is 193 Å². The molecule has 59 heavy (non-hydrogen) atoms. The van der Waals surface area contributed by atoms with E-state index in [1.165, 1.54) is 27.1 Å². The molecular weight excluding hydrogens is 719 g/mol. The molecule has 276 valence electrons. The molecule has 3 heteroatoms. The predicted molar refractivity (Wildman–Crippen MR) is 247 cm³/mol. The first-order valence-corrected chi connectivity index (χ1v) is 20.1. The minimum Gasteiger partial charge on any atom is -0.456 e. The Bertz CT molecular complexity index is 3560. The standard InChI is InChI=1S/C56H35NO2/c1-2-13-36(14-3-1)43-31-27-39(50-33-38-15-4-5-16-42(38)45-17-6-7-18-46(45)50)34-52(43)57(41-30-32-55-51(35-41)48-20-9-10-23-53(48)58-55)40-28-25-37(26-29-40)44-21-12-22-49-47-19-8-11-24-54(47)59-56(44)49/h1-35H. The Kier molecular flexibility index (Phi) is 7.54. The molecule has 0 aliphatic carbocycles. The smallest absolute Gasteiger partial charge is 0.143 e. The van der Waals surface area contributed by atoms with Gasteiger partial charge in [-0.15, -0.1) is 0 Å². The van der Waals surface area contributed by atoms with E-state index in [1.807, 2.05) is 24.3 Å². The average molecular weight is 754 g/mol. The maximum absolute atomic E-state index is 6.48. The lowest BCUT2D eigenvalue weighted by molar-refractivity contribution is 0.669. The lowest BCUT2D eigenvalue weighted by Crippen LogP contribution is -2.11. The first kappa shape index (κ1) is 33.3. The Balaban J connectivity index is 1.10. The third-order valence-electron chi connectivity index (χ3n) is 11.9. The SMILES string of the molecule is c1ccc(-c2ccc(-c3cc4ccccc4c4ccccc34)cc2N(c2ccc(-c3cccc4c3oc3ccccc34)cc2)c2ccc3oc4ccccc4c3c2)cc1. The number of rotatable bonds is 6. The van der Waals surface area contributed by atoms with E-state index < -0.39 is 0 Å². The molecule has 0 unspecified atom stereocenters. The zero-order valence-corrected chi connectivity index (χ0v) is 32.0. The van der Waals surface area contributed by atoms with Crippen molar-refractivity contribution in [2.75, 3.05) is 4.90 Å². The monoisotopic (exact) mass is 753 g/mol. The van der Waals surface area contributed by atoms with Crippen molar-refractivity contribution in [3.63, 3.8) is 0 Å². The highest BCUT2D eigenvalue weighted by Gasteiger charge is 2.22. The fourth-order valence-electron chi connectivity index (χ4n) is 9.08. The third kappa shape index (κ3) is 5.44. The van der Waals surface area contributed by atoms with Crippen molar-refractivity contribution in [3.8, 4) is 33.4 Å². The molecule has 3 nitrogen and oxygen atoms in total. The highest BCUT2D eigenvalue weighted by Crippen LogP contribution is 2.46. The molecule has 0 saturated heterocycles. The van der Waals surface area contributed by atoms with Crippen LogP contribution in [0.5, 0.6) is 0 Å². The molecule has 0 bridgehead atoms. The van der Waals surface area contributed by atoms with Gasteiger partial charge in [0.25, 0.3) is 0 Å². The Labute approximate surface area is 340 Å². The molecule has 0 spiro atoms. The maximum atomic E-state index is 6.48. The van der Waals surface area contributed by atoms with Gasteiger partial charge in [0.05, 0.1) is 5.69 Å². The number of para-hydroxylation sites is 3. The largest absolute Gasteiger partial charge is 0.456 e. The van der Waals surface area contributed by atoms with Crippen molar-refractivity contribution in [2.45, 2.75) is 0 Å². The molecule has 0 amide bonds. The first-order valence-electron chi connectivity index (χ1n) is 20.1. The van der Waals surface area contributed by atoms with Gasteiger partial charge in [0.15, 0.2) is 0 Å². The molecule has 0 saturated carbocycles. The van der Waals surface area contributed by atoms with Crippen LogP contribution in [-0.4, -0.2) is 0 Å². The van der Waals surface area contributed by atoms with E-state index in [-0.39, 0.29) is 0 Å². The van der Waals surface area contributed by atoms with Gasteiger partial charge in [-0.25, -0.2) is 0 Å². The first-order chi connectivity index (χ1) is 29.2. The molecule has 0 N–H and O–H groups in total. The van der Waals surface area contributed by atoms with Gasteiger partial charge in [-0.1, -0.05) is 158 Å². The van der Waals surface area contributed by atoms with Crippen molar-refractivity contribution in [2.24, 2.45) is 0 Å². The second-order valence-corrected chi connectivity index (χ2v) is 15.2. The summed E-state index contributed by atoms with van der Waals surface area (Å²) in [5.74, 6) is 0. The zero-order valence-electron chi connectivity index (χ0n) is 32.0. The van der Waals surface area contributed by atoms with Crippen molar-refractivity contribution in [1.29, 1.82) is 0 Å². The van der Waals surface area contributed by atoms with Crippen molar-refractivity contribution in [1.82, 2.24) is 0 Å². The second kappa shape index (κ2) is 13.4. The van der Waals surface area contributed by atoms with Gasteiger partial charge >= 0.3 is 0 Å². The lowest BCUT2D eigenvalue weighted by atomic mass is 9.91. The average Bonchev–Trinajstić information content (AvgIpc) is 3.88. The van der Waals surface area contributed by atoms with Gasteiger partial charge in [0.2, 0.25) is 0 Å². The van der Waals surface area contributed by atoms with E-state index in [0.29, 0.717) is 0 Å². The molecule has 0 radical (unpaired) electrons. The Morgan fingerprint density at radius 2 is 0.881 bits per heavy atom. The number of nitrogens with zero attached hydrogens (tertiary/aromatic N) is 1. The van der Waals surface area contributed by atoms with Gasteiger partial charge in [-0.05, 0) is 98.4 Å². The van der Waals surface area contributed by atoms with Crippen molar-refractivity contribution < 1.29 is 8.83 Å². The molecule has 10 aromatic carbocycles. The zero-order chi connectivity index (χ0) is 38.9. The van der Waals surface area contributed by atoms with Gasteiger partial charge < -0.3 is 13.7 Å². The third-order valence-corrected chi connectivity index (χ3v) is 11.9. The van der Waals surface area contributed by atoms with Gasteiger partial charge in [-0.3, -0.25) is 0 Å². The van der Waals surface area contributed by atoms with Gasteiger partial charge in [0, 0.05) is 44.0 Å². The van der Waals surface area contributed by atoms with Crippen molar-refractivity contribution in [3.05, 3.63) is 212 Å². The van der Waals surface area contributed by atoms with Crippen LogP contribution in [0.25, 0.3) is 98.8 Å². The molecule has 2 aromatic heterocycles. The summed E-state index contributed by atoms with van der Waals surface area (Å²) in [7, 11) is 0. The Morgan fingerprint density at radius 1 is 0.288 bits per heavy atom. The lowest BCUT2D eigenvalue weighted by Gasteiger charge is -2.29. The summed E-state index contributed by atoms with van der Waals surface area (Å²) in [5.41, 5.74) is 13.5. The van der Waals surface area contributed by atoms with E-state index >= 15 is 0 Å². The second-order valence-electron chi connectivity index (χ2n) is 15.2. The molecule has 12 rings (SSSR count). The minimum absolute atomic E-state index is 0.865. The highest BCUT2D eigenvalue weighted by atomic mass is 16.3. The van der Waals surface area contributed by atoms with Crippen molar-refractivity contribution >= 4 is 82.5 Å². The summed E-state index contributed by atoms with van der Waals surface area (Å²) in [5, 5.41) is 9.38. The van der Waals surface area contributed by atoms with E-state index in [4.69, 9.17) is 8.83 Å². The molecule has 0 aliphatic rings. The van der Waals surface area contributed by atoms with Gasteiger partial charge in [-0.2, -0.15) is 0 Å². The fourth-order valence-corrected chi connectivity index (χ4v) is 9.08. The Hall–Kier alpha value is -7.88. The maximum Gasteiger partial charge on any atom is 0.143 e. The molecule has 0 atom stereocenters. The number of furan rings is 2. The summed E-state index contributed by atoms with van der Waals surface area (Å²) < 4.78 is 12.8. The quantitative estimate of drug-likeness (QED) is 0.158. The predicted octanol–water partition coefficient (Wildman–Crippen LogP) is 16.3. The summed E-state index contributed by atoms with van der Waals surface area (Å²) in [6.45, 7) is 0. The fraction of sp³-hybridized carbons (Fsp3) is 0. The van der Waals surface area contributed by atoms with Crippen LogP contribution < -0.4 is 4.90 Å². The van der Waals surface area contributed by atoms with Crippen LogP contribution in [0.2, 0.25) is 0 Å². The summed E-state index contributed by atoms with van der Waals surface area (Å²) in [4.78, 5) is 2.40. The number of anilines is 3. The summed E-state index contributed by atoms with van der Waals surface area (Å²) in [6.07, 6.45) is 0. The van der Waals surface area contributed by atoms with Crippen LogP contribution in [0, 0.1) is 0 Å². The Morgan fingerprint density at radius 3 is 1.69 bits per heavy atom. The summed E-state index contributed by atoms with van der Waals surface area (Å²) in [6, 6.07) is 75.9. The van der Waals surface area contributed by atoms with Crippen LogP contribution >= 0.6 is 0 Å². The van der Waals surface area contributed by atoms with Crippen LogP contribution in [0.1, 0.15) is 0 Å².